The molecule has 0 atom stereocenters. The number of nitrogens with zero attached hydrogens (tertiary/aromatic N) is 8. The van der Waals surface area contributed by atoms with Gasteiger partial charge in [-0.15, -0.1) is 0 Å². The van der Waals surface area contributed by atoms with E-state index >= 15 is 0 Å². The molecule has 137 heavy (non-hydrogen) atoms. The molecule has 0 fully saturated rings. The molecule has 0 saturated carbocycles. The van der Waals surface area contributed by atoms with Crippen molar-refractivity contribution in [2.24, 2.45) is 0 Å². The number of rotatable bonds is 10. The van der Waals surface area contributed by atoms with Gasteiger partial charge in [-0.1, -0.05) is 381 Å². The van der Waals surface area contributed by atoms with E-state index in [-0.39, 0.29) is 16.2 Å². The number of para-hydroxylation sites is 4. The summed E-state index contributed by atoms with van der Waals surface area (Å²) in [5.74, 6) is 0. The Bertz CT molecular complexity index is 9100. The van der Waals surface area contributed by atoms with Gasteiger partial charge in [0.1, 0.15) is 0 Å². The summed E-state index contributed by atoms with van der Waals surface area (Å²) >= 11 is 0. The molecule has 27 rings (SSSR count). The summed E-state index contributed by atoms with van der Waals surface area (Å²) in [5.41, 5.74) is 45.1. The van der Waals surface area contributed by atoms with Gasteiger partial charge in [0.05, 0.1) is 78.3 Å². The fourth-order valence-electron chi connectivity index (χ4n) is 22.1. The molecule has 8 aromatic heterocycles. The molecule has 16 aromatic carbocycles. The molecule has 0 radical (unpaired) electrons. The summed E-state index contributed by atoms with van der Waals surface area (Å²) < 4.78 is 0. The maximum atomic E-state index is 5.25. The second kappa shape index (κ2) is 32.6. The van der Waals surface area contributed by atoms with Gasteiger partial charge in [0, 0.05) is 111 Å². The highest BCUT2D eigenvalue weighted by molar-refractivity contribution is 6.09. The van der Waals surface area contributed by atoms with E-state index in [1.807, 2.05) is 30.6 Å². The van der Waals surface area contributed by atoms with E-state index in [9.17, 15) is 0 Å². The molecular weight excluding hydrogens is 1660 g/mol. The quantitative estimate of drug-likeness (QED) is 0.125. The van der Waals surface area contributed by atoms with Crippen LogP contribution in [0.3, 0.4) is 0 Å². The molecule has 24 aromatic rings. The Morgan fingerprint density at radius 3 is 0.839 bits per heavy atom. The van der Waals surface area contributed by atoms with Gasteiger partial charge in [-0.05, 0) is 191 Å². The molecule has 3 aliphatic carbocycles. The van der Waals surface area contributed by atoms with E-state index < -0.39 is 0 Å². The number of fused-ring (bicyclic) bond motifs is 19. The minimum absolute atomic E-state index is 0.157. The fourth-order valence-corrected chi connectivity index (χ4v) is 22.1. The highest BCUT2D eigenvalue weighted by Crippen LogP contribution is 2.58. The lowest BCUT2D eigenvalue weighted by atomic mass is 9.78. The van der Waals surface area contributed by atoms with Gasteiger partial charge in [-0.25, -0.2) is 29.9 Å². The first-order chi connectivity index (χ1) is 67.2. The van der Waals surface area contributed by atoms with Crippen molar-refractivity contribution in [2.45, 2.75) is 57.8 Å². The first-order valence-corrected chi connectivity index (χ1v) is 47.2. The summed E-state index contributed by atoms with van der Waals surface area (Å²) in [5, 5.41) is 9.06. The smallest absolute Gasteiger partial charge is 0.0972 e. The van der Waals surface area contributed by atoms with Crippen LogP contribution in [0.1, 0.15) is 74.9 Å². The number of benzene rings is 16. The molecule has 0 unspecified atom stereocenters. The molecule has 0 bridgehead atoms. The van der Waals surface area contributed by atoms with Crippen molar-refractivity contribution in [3.8, 4) is 145 Å². The van der Waals surface area contributed by atoms with Gasteiger partial charge >= 0.3 is 0 Å². The van der Waals surface area contributed by atoms with Gasteiger partial charge in [0.25, 0.3) is 0 Å². The largest absolute Gasteiger partial charge is 0.256 e. The lowest BCUT2D eigenvalue weighted by Crippen LogP contribution is -2.16. The Labute approximate surface area is 795 Å². The summed E-state index contributed by atoms with van der Waals surface area (Å²) in [6, 6.07) is 151. The van der Waals surface area contributed by atoms with Crippen LogP contribution in [0.2, 0.25) is 0 Å². The summed E-state index contributed by atoms with van der Waals surface area (Å²) in [6.07, 6.45) is 3.71. The zero-order chi connectivity index (χ0) is 91.8. The first kappa shape index (κ1) is 81.8. The van der Waals surface area contributed by atoms with Gasteiger partial charge < -0.3 is 0 Å². The second-order valence-electron chi connectivity index (χ2n) is 37.9. The molecule has 0 saturated heterocycles. The van der Waals surface area contributed by atoms with E-state index in [0.29, 0.717) is 0 Å². The van der Waals surface area contributed by atoms with Crippen molar-refractivity contribution >= 4 is 87.2 Å². The summed E-state index contributed by atoms with van der Waals surface area (Å²) in [6.45, 7) is 14.0. The van der Waals surface area contributed by atoms with E-state index in [1.165, 1.54) is 122 Å². The monoisotopic (exact) mass is 1750 g/mol. The van der Waals surface area contributed by atoms with E-state index in [4.69, 9.17) is 34.9 Å². The number of aromatic nitrogens is 8. The molecule has 0 amide bonds. The van der Waals surface area contributed by atoms with Gasteiger partial charge in [-0.3, -0.25) is 9.97 Å². The average Bonchev–Trinajstić information content (AvgIpc) is 1.56. The SMILES string of the molecule is CC1(C)c2ccccc2-c2nc3ccccc3c(-c3cccc(-c4cccc(-c5ccc6ccc7ccc(-c8ccccc8)nc7c6n5)c4)c3)c21.CC1(C)c2ccccc2-c2nc3ccccc3c(-c3cccc(-c4cccc(-c5ccc6ccc7cccnc7c6n5)c4)c3)c21.CC1(C)c2ccccc2-c2nc3ccccc3c(-c3cccc(-c4cccc(-c5cccc6cccnc56)c4)c3)c21. The summed E-state index contributed by atoms with van der Waals surface area (Å²) in [4.78, 5) is 40.5. The predicted molar refractivity (Wildman–Crippen MR) is 569 cm³/mol. The minimum Gasteiger partial charge on any atom is -0.256 e. The van der Waals surface area contributed by atoms with Gasteiger partial charge in [0.2, 0.25) is 0 Å². The Morgan fingerprint density at radius 1 is 0.175 bits per heavy atom. The number of pyridine rings is 8. The van der Waals surface area contributed by atoms with Crippen LogP contribution in [0, 0.1) is 0 Å². The van der Waals surface area contributed by atoms with Gasteiger partial charge in [-0.2, -0.15) is 0 Å². The van der Waals surface area contributed by atoms with Crippen LogP contribution in [0.4, 0.5) is 0 Å². The Morgan fingerprint density at radius 2 is 0.438 bits per heavy atom. The first-order valence-electron chi connectivity index (χ1n) is 47.2. The van der Waals surface area contributed by atoms with Crippen molar-refractivity contribution < 1.29 is 0 Å². The Hall–Kier alpha value is -17.2. The van der Waals surface area contributed by atoms with Crippen LogP contribution in [-0.4, -0.2) is 39.9 Å². The van der Waals surface area contributed by atoms with E-state index in [0.717, 1.165) is 144 Å². The molecule has 0 spiro atoms. The highest BCUT2D eigenvalue weighted by Gasteiger charge is 2.43. The lowest BCUT2D eigenvalue weighted by Gasteiger charge is -2.25. The summed E-state index contributed by atoms with van der Waals surface area (Å²) in [7, 11) is 0. The number of hydrogen-bond acceptors (Lipinski definition) is 8. The van der Waals surface area contributed by atoms with Crippen LogP contribution in [0.25, 0.3) is 233 Å². The van der Waals surface area contributed by atoms with Crippen LogP contribution in [0.5, 0.6) is 0 Å². The third kappa shape index (κ3) is 13.9. The zero-order valence-electron chi connectivity index (χ0n) is 76.6. The normalized spacial score (nSPS) is 13.2. The van der Waals surface area contributed by atoms with E-state index in [2.05, 4.69) is 453 Å². The van der Waals surface area contributed by atoms with Crippen molar-refractivity contribution in [3.05, 3.63) is 470 Å². The molecule has 646 valence electrons. The zero-order valence-corrected chi connectivity index (χ0v) is 76.6. The fraction of sp³-hybridized carbons (Fsp3) is 0.0698. The molecule has 0 aliphatic heterocycles. The van der Waals surface area contributed by atoms with Crippen LogP contribution < -0.4 is 0 Å². The number of hydrogen-bond donors (Lipinski definition) is 0. The van der Waals surface area contributed by atoms with Crippen molar-refractivity contribution in [2.75, 3.05) is 0 Å². The highest BCUT2D eigenvalue weighted by atomic mass is 14.8. The third-order valence-corrected chi connectivity index (χ3v) is 28.7. The third-order valence-electron chi connectivity index (χ3n) is 28.7. The van der Waals surface area contributed by atoms with Crippen LogP contribution in [0.15, 0.2) is 437 Å². The molecule has 3 aliphatic rings. The van der Waals surface area contributed by atoms with Crippen molar-refractivity contribution in [1.82, 2.24) is 39.9 Å². The topological polar surface area (TPSA) is 103 Å². The van der Waals surface area contributed by atoms with Crippen molar-refractivity contribution in [1.29, 1.82) is 0 Å². The Balaban J connectivity index is 0.000000110. The molecule has 0 N–H and O–H groups in total. The Kier molecular flexibility index (Phi) is 19.5. The molecule has 8 heterocycles. The second-order valence-corrected chi connectivity index (χ2v) is 37.9. The minimum atomic E-state index is -0.184. The maximum absolute atomic E-state index is 5.25. The lowest BCUT2D eigenvalue weighted by molar-refractivity contribution is 0.661. The van der Waals surface area contributed by atoms with Crippen molar-refractivity contribution in [3.63, 3.8) is 0 Å². The molecule has 8 nitrogen and oxygen atoms in total. The van der Waals surface area contributed by atoms with Crippen LogP contribution in [-0.2, 0) is 16.2 Å². The van der Waals surface area contributed by atoms with E-state index in [1.54, 1.807) is 0 Å². The predicted octanol–water partition coefficient (Wildman–Crippen LogP) is 33.0. The van der Waals surface area contributed by atoms with Crippen LogP contribution >= 0.6 is 0 Å². The van der Waals surface area contributed by atoms with Gasteiger partial charge in [0.15, 0.2) is 0 Å². The standard InChI is InChI=1S/C48H33N3.C42H29N3.C39H28N2/c1-48(2)39-20-8-6-18-37(39)47-44(48)43(38-19-7-9-21-42(38)51-47)36-17-11-15-34(29-36)33-14-10-16-35(28-33)41-27-25-32-23-22-31-24-26-40(30-12-4-3-5-13-30)49-45(31)46(32)50-41;1-42(2)34-17-5-3-15-32(34)41-38(42)37(33-16-4-6-18-36(33)45-41)31-13-8-11-29(25-31)28-10-7-12-30(24-28)35-22-21-27-20-19-26-14-9-23-43-39(26)40(27)44-35;1-39(2)33-20-5-3-17-31(33)38-36(39)35(32-18-4-6-21-34(32)41-38)29-15-8-13-27(24-29)26-12-7-14-28(23-26)30-19-9-11-25-16-10-22-40-37(25)30/h3-29H,1-2H3;3-25H,1-2H3;3-24H,1-2H3. The molecular formula is C129H90N8. The maximum Gasteiger partial charge on any atom is 0.0972 e. The molecule has 8 heteroatoms. The average molecular weight is 1750 g/mol.